The first-order chi connectivity index (χ1) is 16.0. The molecule has 8 nitrogen and oxygen atoms in total. The second-order valence-electron chi connectivity index (χ2n) is 7.68. The van der Waals surface area contributed by atoms with Gasteiger partial charge in [-0.2, -0.15) is 4.98 Å². The number of hydrogen-bond acceptors (Lipinski definition) is 6. The first kappa shape index (κ1) is 20.8. The molecule has 0 fully saturated rings. The number of aromatic nitrogens is 2. The summed E-state index contributed by atoms with van der Waals surface area (Å²) in [5, 5.41) is 12.7. The number of furan rings is 1. The number of carbonyl (C=O) groups excluding carboxylic acids is 1. The number of hydrogen-bond donors (Lipinski definition) is 4. The van der Waals surface area contributed by atoms with E-state index in [1.165, 1.54) is 6.26 Å². The van der Waals surface area contributed by atoms with Crippen LogP contribution < -0.4 is 21.3 Å². The van der Waals surface area contributed by atoms with Gasteiger partial charge in [-0.25, -0.2) is 9.78 Å². The molecule has 0 atom stereocenters. The molecule has 0 saturated heterocycles. The first-order valence-electron chi connectivity index (χ1n) is 10.4. The van der Waals surface area contributed by atoms with Gasteiger partial charge in [0, 0.05) is 23.1 Å². The van der Waals surface area contributed by atoms with Crippen molar-refractivity contribution in [3.63, 3.8) is 0 Å². The van der Waals surface area contributed by atoms with Crippen LogP contribution in [-0.2, 0) is 12.8 Å². The molecule has 166 valence electrons. The van der Waals surface area contributed by atoms with Gasteiger partial charge >= 0.3 is 6.03 Å². The number of urea groups is 1. The number of amides is 2. The van der Waals surface area contributed by atoms with E-state index in [0.29, 0.717) is 28.2 Å². The number of aryl methyl sites for hydroxylation is 3. The second kappa shape index (κ2) is 8.84. The number of benzene rings is 2. The fourth-order valence-corrected chi connectivity index (χ4v) is 3.79. The highest BCUT2D eigenvalue weighted by Crippen LogP contribution is 2.29. The van der Waals surface area contributed by atoms with E-state index in [9.17, 15) is 4.79 Å². The van der Waals surface area contributed by atoms with Gasteiger partial charge < -0.3 is 25.7 Å². The van der Waals surface area contributed by atoms with Crippen LogP contribution >= 0.6 is 11.6 Å². The highest BCUT2D eigenvalue weighted by molar-refractivity contribution is 6.32. The third-order valence-electron chi connectivity index (χ3n) is 5.33. The smallest absolute Gasteiger partial charge is 0.323 e. The minimum Gasteiger partial charge on any atom is -0.467 e. The standard InChI is InChI=1S/C24H21ClN6O2/c1-14-20(9-10-33-14)29-24(32)30-21-8-7-18-12-16(21)6-5-15-3-2-4-17(11-15)28-23-26-13-19(25)22(27-18)31-23/h2-4,7-13H,5-6H2,1H3,(H2,29,30,32)(H2,26,27,28,31). The minimum absolute atomic E-state index is 0.339. The van der Waals surface area contributed by atoms with Crippen molar-refractivity contribution in [2.45, 2.75) is 19.8 Å². The molecular weight excluding hydrogens is 440 g/mol. The van der Waals surface area contributed by atoms with E-state index in [0.717, 1.165) is 41.0 Å². The topological polar surface area (TPSA) is 104 Å². The number of halogens is 1. The lowest BCUT2D eigenvalue weighted by Gasteiger charge is -2.15. The molecule has 33 heavy (non-hydrogen) atoms. The molecule has 1 aliphatic heterocycles. The Morgan fingerprint density at radius 2 is 1.88 bits per heavy atom. The highest BCUT2D eigenvalue weighted by Gasteiger charge is 2.13. The lowest BCUT2D eigenvalue weighted by molar-refractivity contribution is 0.262. The number of anilines is 6. The normalized spacial score (nSPS) is 12.3. The molecule has 1 aliphatic rings. The lowest BCUT2D eigenvalue weighted by Crippen LogP contribution is -2.20. The Balaban J connectivity index is 1.48. The molecule has 2 aromatic carbocycles. The fourth-order valence-electron chi connectivity index (χ4n) is 3.66. The molecule has 0 spiro atoms. The van der Waals surface area contributed by atoms with Crippen LogP contribution in [0.4, 0.5) is 39.3 Å². The van der Waals surface area contributed by atoms with E-state index in [2.05, 4.69) is 43.4 Å². The zero-order chi connectivity index (χ0) is 22.8. The van der Waals surface area contributed by atoms with Gasteiger partial charge in [-0.05, 0) is 61.2 Å². The van der Waals surface area contributed by atoms with Crippen molar-refractivity contribution in [2.24, 2.45) is 0 Å². The van der Waals surface area contributed by atoms with Crippen molar-refractivity contribution < 1.29 is 9.21 Å². The van der Waals surface area contributed by atoms with Crippen molar-refractivity contribution in [3.8, 4) is 0 Å². The van der Waals surface area contributed by atoms with Crippen molar-refractivity contribution >= 4 is 52.1 Å². The Morgan fingerprint density at radius 1 is 1.03 bits per heavy atom. The lowest BCUT2D eigenvalue weighted by atomic mass is 10.0. The maximum atomic E-state index is 12.6. The quantitative estimate of drug-likeness (QED) is 0.281. The van der Waals surface area contributed by atoms with Crippen molar-refractivity contribution in [3.05, 3.63) is 82.9 Å². The van der Waals surface area contributed by atoms with Gasteiger partial charge in [0.2, 0.25) is 5.95 Å². The van der Waals surface area contributed by atoms with E-state index in [1.54, 1.807) is 19.2 Å². The maximum Gasteiger partial charge on any atom is 0.323 e. The summed E-state index contributed by atoms with van der Waals surface area (Å²) in [4.78, 5) is 21.4. The van der Waals surface area contributed by atoms with E-state index in [4.69, 9.17) is 16.0 Å². The highest BCUT2D eigenvalue weighted by atomic mass is 35.5. The third kappa shape index (κ3) is 4.75. The monoisotopic (exact) mass is 460 g/mol. The van der Waals surface area contributed by atoms with E-state index < -0.39 is 0 Å². The summed E-state index contributed by atoms with van der Waals surface area (Å²) in [7, 11) is 0. The predicted molar refractivity (Wildman–Crippen MR) is 130 cm³/mol. The van der Waals surface area contributed by atoms with Crippen LogP contribution in [0, 0.1) is 6.92 Å². The van der Waals surface area contributed by atoms with Gasteiger partial charge in [-0.3, -0.25) is 0 Å². The maximum absolute atomic E-state index is 12.6. The largest absolute Gasteiger partial charge is 0.467 e. The summed E-state index contributed by atoms with van der Waals surface area (Å²) in [6, 6.07) is 15.2. The van der Waals surface area contributed by atoms with E-state index >= 15 is 0 Å². The van der Waals surface area contributed by atoms with E-state index in [-0.39, 0.29) is 6.03 Å². The summed E-state index contributed by atoms with van der Waals surface area (Å²) in [6.45, 7) is 1.79. The summed E-state index contributed by atoms with van der Waals surface area (Å²) < 4.78 is 5.25. The van der Waals surface area contributed by atoms with Crippen LogP contribution in [0.15, 0.2) is 65.4 Å². The van der Waals surface area contributed by atoms with Crippen LogP contribution in [0.3, 0.4) is 0 Å². The Morgan fingerprint density at radius 3 is 2.73 bits per heavy atom. The molecule has 5 rings (SSSR count). The zero-order valence-electron chi connectivity index (χ0n) is 17.8. The van der Waals surface area contributed by atoms with Crippen molar-refractivity contribution in [1.82, 2.24) is 9.97 Å². The summed E-state index contributed by atoms with van der Waals surface area (Å²) in [5.74, 6) is 1.58. The SMILES string of the molecule is Cc1occc1NC(=O)Nc1ccc2cc1CCc1cccc(c1)Nc1ncc(Cl)c(n1)N2. The third-order valence-corrected chi connectivity index (χ3v) is 5.61. The molecule has 0 saturated carbocycles. The van der Waals surface area contributed by atoms with Crippen LogP contribution in [0.1, 0.15) is 16.9 Å². The Bertz CT molecular complexity index is 1340. The molecule has 0 radical (unpaired) electrons. The Labute approximate surface area is 195 Å². The summed E-state index contributed by atoms with van der Waals surface area (Å²) in [6.07, 6.45) is 4.60. The Hall–Kier alpha value is -4.04. The number of nitrogens with zero attached hydrogens (tertiary/aromatic N) is 2. The fraction of sp³-hybridized carbons (Fsp3) is 0.125. The molecule has 4 aromatic rings. The van der Waals surface area contributed by atoms with Crippen LogP contribution in [0.2, 0.25) is 5.02 Å². The van der Waals surface area contributed by atoms with Crippen LogP contribution in [0.5, 0.6) is 0 Å². The minimum atomic E-state index is -0.339. The summed E-state index contributed by atoms with van der Waals surface area (Å²) >= 11 is 6.33. The van der Waals surface area contributed by atoms with Crippen molar-refractivity contribution in [1.29, 1.82) is 0 Å². The van der Waals surface area contributed by atoms with Gasteiger partial charge in [-0.1, -0.05) is 23.7 Å². The Kier molecular flexibility index (Phi) is 5.58. The van der Waals surface area contributed by atoms with Gasteiger partial charge in [-0.15, -0.1) is 0 Å². The number of fused-ring (bicyclic) bond motifs is 6. The molecule has 2 amide bonds. The summed E-state index contributed by atoms with van der Waals surface area (Å²) in [5.41, 5.74) is 5.17. The van der Waals surface area contributed by atoms with Crippen LogP contribution in [0.25, 0.3) is 0 Å². The molecule has 9 heteroatoms. The van der Waals surface area contributed by atoms with Gasteiger partial charge in [0.05, 0.1) is 18.1 Å². The average molecular weight is 461 g/mol. The number of carbonyl (C=O) groups is 1. The first-order valence-corrected chi connectivity index (χ1v) is 10.8. The second-order valence-corrected chi connectivity index (χ2v) is 8.09. The van der Waals surface area contributed by atoms with Crippen LogP contribution in [-0.4, -0.2) is 16.0 Å². The molecule has 0 unspecified atom stereocenters. The van der Waals surface area contributed by atoms with Crippen molar-refractivity contribution in [2.75, 3.05) is 21.3 Å². The average Bonchev–Trinajstić information content (AvgIpc) is 3.20. The molecule has 3 heterocycles. The zero-order valence-corrected chi connectivity index (χ0v) is 18.5. The van der Waals surface area contributed by atoms with Gasteiger partial charge in [0.25, 0.3) is 0 Å². The van der Waals surface area contributed by atoms with Gasteiger partial charge in [0.15, 0.2) is 5.82 Å². The van der Waals surface area contributed by atoms with E-state index in [1.807, 2.05) is 30.3 Å². The number of rotatable bonds is 2. The number of nitrogens with one attached hydrogen (secondary N) is 4. The molecule has 0 aliphatic carbocycles. The molecule has 6 bridgehead atoms. The molecular formula is C24H21ClN6O2. The molecule has 2 aromatic heterocycles. The molecule has 4 N–H and O–H groups in total. The predicted octanol–water partition coefficient (Wildman–Crippen LogP) is 6.26. The van der Waals surface area contributed by atoms with Gasteiger partial charge in [0.1, 0.15) is 10.8 Å².